The molecule has 0 aliphatic heterocycles. The summed E-state index contributed by atoms with van der Waals surface area (Å²) in [5.41, 5.74) is 5.97. The zero-order valence-electron chi connectivity index (χ0n) is 7.00. The lowest BCUT2D eigenvalue weighted by Crippen LogP contribution is -2.13. The molecule has 72 valence electrons. The first kappa shape index (κ1) is 10.4. The fraction of sp³-hybridized carbons (Fsp3) is 0.333. The third kappa shape index (κ3) is 2.40. The topological polar surface area (TPSA) is 46.2 Å². The normalized spacial score (nSPS) is 12.9. The fourth-order valence-electron chi connectivity index (χ4n) is 1.10. The zero-order valence-corrected chi connectivity index (χ0v) is 7.76. The van der Waals surface area contributed by atoms with E-state index in [0.717, 1.165) is 0 Å². The van der Waals surface area contributed by atoms with Gasteiger partial charge in [-0.3, -0.25) is 0 Å². The third-order valence-corrected chi connectivity index (χ3v) is 2.11. The van der Waals surface area contributed by atoms with E-state index in [4.69, 9.17) is 22.4 Å². The van der Waals surface area contributed by atoms with Crippen molar-refractivity contribution in [3.05, 3.63) is 34.6 Å². The van der Waals surface area contributed by atoms with E-state index in [-0.39, 0.29) is 11.6 Å². The molecule has 1 atom stereocenters. The number of aliphatic hydroxyl groups excluding tert-OH is 1. The van der Waals surface area contributed by atoms with Gasteiger partial charge in [-0.2, -0.15) is 0 Å². The predicted octanol–water partition coefficient (Wildman–Crippen LogP) is 1.86. The van der Waals surface area contributed by atoms with Crippen molar-refractivity contribution in [1.29, 1.82) is 0 Å². The fourth-order valence-corrected chi connectivity index (χ4v) is 1.28. The van der Waals surface area contributed by atoms with Crippen molar-refractivity contribution in [1.82, 2.24) is 0 Å². The highest BCUT2D eigenvalue weighted by atomic mass is 35.5. The molecule has 0 amide bonds. The van der Waals surface area contributed by atoms with Gasteiger partial charge in [0.25, 0.3) is 0 Å². The molecule has 13 heavy (non-hydrogen) atoms. The van der Waals surface area contributed by atoms with E-state index in [2.05, 4.69) is 0 Å². The van der Waals surface area contributed by atoms with Crippen molar-refractivity contribution < 1.29 is 9.50 Å². The summed E-state index contributed by atoms with van der Waals surface area (Å²) in [7, 11) is 0. The molecule has 0 aliphatic rings. The summed E-state index contributed by atoms with van der Waals surface area (Å²) >= 11 is 5.57. The van der Waals surface area contributed by atoms with Gasteiger partial charge >= 0.3 is 0 Å². The van der Waals surface area contributed by atoms with E-state index in [9.17, 15) is 4.39 Å². The Hall–Kier alpha value is -0.640. The number of hydrogen-bond acceptors (Lipinski definition) is 2. The van der Waals surface area contributed by atoms with Gasteiger partial charge in [-0.1, -0.05) is 23.7 Å². The minimum Gasteiger partial charge on any atom is -0.396 e. The molecule has 4 heteroatoms. The highest BCUT2D eigenvalue weighted by Crippen LogP contribution is 2.23. The van der Waals surface area contributed by atoms with Crippen LogP contribution >= 0.6 is 11.6 Å². The minimum absolute atomic E-state index is 0.0610. The van der Waals surface area contributed by atoms with Crippen molar-refractivity contribution in [3.63, 3.8) is 0 Å². The van der Waals surface area contributed by atoms with Crippen LogP contribution in [0.1, 0.15) is 18.0 Å². The molecular weight excluding hydrogens is 193 g/mol. The van der Waals surface area contributed by atoms with Crippen LogP contribution < -0.4 is 5.73 Å². The summed E-state index contributed by atoms with van der Waals surface area (Å²) in [6.07, 6.45) is 0.331. The molecule has 1 aromatic carbocycles. The largest absolute Gasteiger partial charge is 0.396 e. The van der Waals surface area contributed by atoms with Crippen LogP contribution in [-0.4, -0.2) is 11.7 Å². The number of aliphatic hydroxyl groups is 1. The van der Waals surface area contributed by atoms with E-state index in [1.165, 1.54) is 6.07 Å². The Morgan fingerprint density at radius 1 is 1.54 bits per heavy atom. The van der Waals surface area contributed by atoms with Crippen LogP contribution in [0.4, 0.5) is 4.39 Å². The second-order valence-electron chi connectivity index (χ2n) is 2.76. The molecule has 3 N–H and O–H groups in total. The molecule has 1 rings (SSSR count). The van der Waals surface area contributed by atoms with E-state index >= 15 is 0 Å². The number of hydrogen-bond donors (Lipinski definition) is 2. The lowest BCUT2D eigenvalue weighted by atomic mass is 10.0. The first-order chi connectivity index (χ1) is 6.16. The summed E-state index contributed by atoms with van der Waals surface area (Å²) in [5.74, 6) is -0.495. The first-order valence-electron chi connectivity index (χ1n) is 3.97. The second kappa shape index (κ2) is 4.56. The molecule has 0 spiro atoms. The molecule has 0 bridgehead atoms. The van der Waals surface area contributed by atoms with Crippen molar-refractivity contribution in [2.75, 3.05) is 6.61 Å². The highest BCUT2D eigenvalue weighted by molar-refractivity contribution is 6.30. The summed E-state index contributed by atoms with van der Waals surface area (Å²) < 4.78 is 13.3. The Kier molecular flexibility index (Phi) is 3.66. The monoisotopic (exact) mass is 203 g/mol. The SMILES string of the molecule is N[C@H](CCO)c1cccc(Cl)c1F. The Morgan fingerprint density at radius 2 is 2.23 bits per heavy atom. The molecule has 1 aromatic rings. The van der Waals surface area contributed by atoms with Gasteiger partial charge in [-0.15, -0.1) is 0 Å². The van der Waals surface area contributed by atoms with E-state index in [1.54, 1.807) is 12.1 Å². The molecule has 0 aliphatic carbocycles. The van der Waals surface area contributed by atoms with Crippen LogP contribution in [0.25, 0.3) is 0 Å². The average molecular weight is 204 g/mol. The molecule has 0 radical (unpaired) electrons. The molecule has 0 aromatic heterocycles. The Balaban J connectivity index is 2.93. The molecule has 2 nitrogen and oxygen atoms in total. The predicted molar refractivity (Wildman–Crippen MR) is 50.0 cm³/mol. The van der Waals surface area contributed by atoms with Gasteiger partial charge in [-0.05, 0) is 12.5 Å². The van der Waals surface area contributed by atoms with Gasteiger partial charge in [0.05, 0.1) is 5.02 Å². The van der Waals surface area contributed by atoms with Crippen molar-refractivity contribution in [2.45, 2.75) is 12.5 Å². The van der Waals surface area contributed by atoms with Crippen LogP contribution in [0.3, 0.4) is 0 Å². The lowest BCUT2D eigenvalue weighted by molar-refractivity contribution is 0.275. The summed E-state index contributed by atoms with van der Waals surface area (Å²) in [6.45, 7) is -0.0624. The molecule has 0 fully saturated rings. The lowest BCUT2D eigenvalue weighted by Gasteiger charge is -2.11. The molecular formula is C9H11ClFNO. The van der Waals surface area contributed by atoms with E-state index in [1.807, 2.05) is 0 Å². The maximum Gasteiger partial charge on any atom is 0.146 e. The number of rotatable bonds is 3. The van der Waals surface area contributed by atoms with Gasteiger partial charge in [0.1, 0.15) is 5.82 Å². The Bertz CT molecular complexity index is 293. The zero-order chi connectivity index (χ0) is 9.84. The standard InChI is InChI=1S/C9H11ClFNO/c10-7-3-1-2-6(9(7)11)8(12)4-5-13/h1-3,8,13H,4-5,12H2/t8-/m1/s1. The molecule has 0 saturated carbocycles. The van der Waals surface area contributed by atoms with Gasteiger partial charge in [0.15, 0.2) is 0 Å². The van der Waals surface area contributed by atoms with Crippen molar-refractivity contribution in [3.8, 4) is 0 Å². The van der Waals surface area contributed by atoms with Crippen molar-refractivity contribution >= 4 is 11.6 Å². The number of halogens is 2. The summed E-state index contributed by atoms with van der Waals surface area (Å²) in [6, 6.07) is 4.18. The van der Waals surface area contributed by atoms with Crippen LogP contribution in [0.15, 0.2) is 18.2 Å². The molecule has 0 heterocycles. The maximum atomic E-state index is 13.3. The smallest absolute Gasteiger partial charge is 0.146 e. The summed E-state index contributed by atoms with van der Waals surface area (Å²) in [5, 5.41) is 8.68. The Labute approximate surface area is 81.1 Å². The van der Waals surface area contributed by atoms with Crippen LogP contribution in [0.5, 0.6) is 0 Å². The molecule has 0 unspecified atom stereocenters. The van der Waals surface area contributed by atoms with Crippen LogP contribution in [0, 0.1) is 5.82 Å². The van der Waals surface area contributed by atoms with Crippen LogP contribution in [0.2, 0.25) is 5.02 Å². The van der Waals surface area contributed by atoms with Crippen molar-refractivity contribution in [2.24, 2.45) is 5.73 Å². The first-order valence-corrected chi connectivity index (χ1v) is 4.35. The summed E-state index contributed by atoms with van der Waals surface area (Å²) in [4.78, 5) is 0. The van der Waals surface area contributed by atoms with Gasteiger partial charge in [-0.25, -0.2) is 4.39 Å². The Morgan fingerprint density at radius 3 is 2.85 bits per heavy atom. The third-order valence-electron chi connectivity index (χ3n) is 1.82. The minimum atomic E-state index is -0.497. The van der Waals surface area contributed by atoms with Crippen LogP contribution in [-0.2, 0) is 0 Å². The quantitative estimate of drug-likeness (QED) is 0.788. The number of nitrogens with two attached hydrogens (primary N) is 1. The van der Waals surface area contributed by atoms with Gasteiger partial charge < -0.3 is 10.8 Å². The van der Waals surface area contributed by atoms with E-state index < -0.39 is 11.9 Å². The highest BCUT2D eigenvalue weighted by Gasteiger charge is 2.12. The maximum absolute atomic E-state index is 13.3. The molecule has 0 saturated heterocycles. The second-order valence-corrected chi connectivity index (χ2v) is 3.17. The van der Waals surface area contributed by atoms with E-state index in [0.29, 0.717) is 12.0 Å². The average Bonchev–Trinajstić information content (AvgIpc) is 2.10. The van der Waals surface area contributed by atoms with Gasteiger partial charge in [0, 0.05) is 18.2 Å². The number of benzene rings is 1. The van der Waals surface area contributed by atoms with Gasteiger partial charge in [0.2, 0.25) is 0 Å².